The molecule has 0 atom stereocenters. The number of thioether (sulfide) groups is 1. The maximum Gasteiger partial charge on any atom is 0.259 e. The molecule has 30 heavy (non-hydrogen) atoms. The van der Waals surface area contributed by atoms with Crippen molar-refractivity contribution in [3.05, 3.63) is 77.7 Å². The molecule has 0 radical (unpaired) electrons. The Morgan fingerprint density at radius 3 is 2.40 bits per heavy atom. The highest BCUT2D eigenvalue weighted by Gasteiger charge is 2.17. The van der Waals surface area contributed by atoms with Crippen molar-refractivity contribution in [3.8, 4) is 0 Å². The van der Waals surface area contributed by atoms with Crippen LogP contribution >= 0.6 is 11.8 Å². The number of hydrogen-bond donors (Lipinski definition) is 1. The molecular weight excluding hydrogens is 394 g/mol. The Bertz CT molecular complexity index is 974. The molecule has 0 spiro atoms. The lowest BCUT2D eigenvalue weighted by atomic mass is 10.2. The Hall–Kier alpha value is -2.70. The lowest BCUT2D eigenvalue weighted by molar-refractivity contribution is 0.102. The number of carbonyl (C=O) groups excluding carboxylic acids is 1. The molecule has 156 valence electrons. The summed E-state index contributed by atoms with van der Waals surface area (Å²) in [6, 6.07) is 18.2. The molecule has 6 heteroatoms. The molecule has 5 nitrogen and oxygen atoms in total. The van der Waals surface area contributed by atoms with Crippen molar-refractivity contribution >= 4 is 29.0 Å². The fourth-order valence-electron chi connectivity index (χ4n) is 3.46. The van der Waals surface area contributed by atoms with Crippen LogP contribution in [0.25, 0.3) is 0 Å². The number of nitrogens with zero attached hydrogens (tertiary/aromatic N) is 2. The second-order valence-electron chi connectivity index (χ2n) is 7.65. The van der Waals surface area contributed by atoms with Crippen molar-refractivity contribution < 1.29 is 9.21 Å². The zero-order valence-electron chi connectivity index (χ0n) is 17.4. The van der Waals surface area contributed by atoms with Crippen LogP contribution in [0.5, 0.6) is 0 Å². The molecule has 0 saturated carbocycles. The van der Waals surface area contributed by atoms with Crippen molar-refractivity contribution in [1.82, 2.24) is 4.90 Å². The number of amides is 1. The molecule has 1 N–H and O–H groups in total. The number of nitrogens with one attached hydrogen (secondary N) is 1. The molecule has 2 aromatic carbocycles. The molecule has 1 aliphatic rings. The molecule has 0 unspecified atom stereocenters. The largest absolute Gasteiger partial charge is 0.468 e. The number of piperazine rings is 1. The molecule has 0 bridgehead atoms. The van der Waals surface area contributed by atoms with E-state index < -0.39 is 0 Å². The number of hydrogen-bond acceptors (Lipinski definition) is 5. The summed E-state index contributed by atoms with van der Waals surface area (Å²) < 4.78 is 5.58. The summed E-state index contributed by atoms with van der Waals surface area (Å²) in [5.41, 5.74) is 3.80. The summed E-state index contributed by atoms with van der Waals surface area (Å²) in [7, 11) is 2.15. The number of rotatable bonds is 6. The van der Waals surface area contributed by atoms with Crippen LogP contribution in [0.3, 0.4) is 0 Å². The van der Waals surface area contributed by atoms with E-state index in [4.69, 9.17) is 4.42 Å². The maximum atomic E-state index is 12.8. The SMILES string of the molecule is Cc1ccc(SCc2occc2C(=O)Nc2ccc(N3CCN(C)CC3)cc2)cc1. The second-order valence-corrected chi connectivity index (χ2v) is 8.70. The minimum absolute atomic E-state index is 0.143. The monoisotopic (exact) mass is 421 g/mol. The third kappa shape index (κ3) is 5.07. The lowest BCUT2D eigenvalue weighted by Crippen LogP contribution is -2.44. The van der Waals surface area contributed by atoms with Crippen LogP contribution in [0.2, 0.25) is 0 Å². The van der Waals surface area contributed by atoms with Gasteiger partial charge in [-0.05, 0) is 56.4 Å². The molecule has 0 aliphatic carbocycles. The summed E-state index contributed by atoms with van der Waals surface area (Å²) in [6.45, 7) is 6.27. The first-order valence-corrected chi connectivity index (χ1v) is 11.2. The highest BCUT2D eigenvalue weighted by atomic mass is 32.2. The second kappa shape index (κ2) is 9.41. The van der Waals surface area contributed by atoms with Crippen LogP contribution in [0.1, 0.15) is 21.7 Å². The number of carbonyl (C=O) groups is 1. The highest BCUT2D eigenvalue weighted by Crippen LogP contribution is 2.26. The summed E-state index contributed by atoms with van der Waals surface area (Å²) in [5, 5.41) is 2.99. The van der Waals surface area contributed by atoms with Gasteiger partial charge in [-0.2, -0.15) is 0 Å². The summed E-state index contributed by atoms with van der Waals surface area (Å²) in [4.78, 5) is 18.6. The fourth-order valence-corrected chi connectivity index (χ4v) is 4.31. The van der Waals surface area contributed by atoms with Crippen LogP contribution in [0.15, 0.2) is 70.2 Å². The smallest absolute Gasteiger partial charge is 0.259 e. The van der Waals surface area contributed by atoms with E-state index in [2.05, 4.69) is 65.5 Å². The van der Waals surface area contributed by atoms with E-state index in [0.717, 1.165) is 36.8 Å². The molecule has 1 amide bonds. The summed E-state index contributed by atoms with van der Waals surface area (Å²) in [5.74, 6) is 1.16. The fraction of sp³-hybridized carbons (Fsp3) is 0.292. The van der Waals surface area contributed by atoms with Crippen LogP contribution in [0, 0.1) is 6.92 Å². The molecule has 1 saturated heterocycles. The first-order chi connectivity index (χ1) is 14.6. The Kier molecular flexibility index (Phi) is 6.45. The standard InChI is InChI=1S/C24H27N3O2S/c1-18-3-9-21(10-4-18)30-17-23-22(11-16-29-23)24(28)25-19-5-7-20(8-6-19)27-14-12-26(2)13-15-27/h3-11,16H,12-15,17H2,1-2H3,(H,25,28). The third-order valence-electron chi connectivity index (χ3n) is 5.37. The van der Waals surface area contributed by atoms with Crippen LogP contribution < -0.4 is 10.2 Å². The minimum Gasteiger partial charge on any atom is -0.468 e. The van der Waals surface area contributed by atoms with Gasteiger partial charge >= 0.3 is 0 Å². The maximum absolute atomic E-state index is 12.8. The third-order valence-corrected chi connectivity index (χ3v) is 6.39. The van der Waals surface area contributed by atoms with Crippen molar-refractivity contribution in [2.75, 3.05) is 43.4 Å². The predicted octanol–water partition coefficient (Wildman–Crippen LogP) is 4.88. The van der Waals surface area contributed by atoms with Gasteiger partial charge in [0.1, 0.15) is 5.76 Å². The van der Waals surface area contributed by atoms with Gasteiger partial charge in [0, 0.05) is 42.4 Å². The molecule has 1 fully saturated rings. The van der Waals surface area contributed by atoms with Crippen LogP contribution in [-0.4, -0.2) is 44.0 Å². The van der Waals surface area contributed by atoms with E-state index in [1.165, 1.54) is 11.3 Å². The average Bonchev–Trinajstić information content (AvgIpc) is 3.23. The summed E-state index contributed by atoms with van der Waals surface area (Å²) >= 11 is 1.66. The van der Waals surface area contributed by atoms with Crippen LogP contribution in [-0.2, 0) is 5.75 Å². The lowest BCUT2D eigenvalue weighted by Gasteiger charge is -2.34. The zero-order valence-corrected chi connectivity index (χ0v) is 18.2. The molecular formula is C24H27N3O2S. The van der Waals surface area contributed by atoms with E-state index in [0.29, 0.717) is 17.1 Å². The Morgan fingerprint density at radius 1 is 1.00 bits per heavy atom. The molecule has 3 aromatic rings. The van der Waals surface area contributed by atoms with E-state index >= 15 is 0 Å². The van der Waals surface area contributed by atoms with Gasteiger partial charge in [0.15, 0.2) is 0 Å². The quantitative estimate of drug-likeness (QED) is 0.575. The molecule has 4 rings (SSSR count). The van der Waals surface area contributed by atoms with Gasteiger partial charge in [0.2, 0.25) is 0 Å². The van der Waals surface area contributed by atoms with Crippen LogP contribution in [0.4, 0.5) is 11.4 Å². The number of likely N-dealkylation sites (N-methyl/N-ethyl adjacent to an activating group) is 1. The highest BCUT2D eigenvalue weighted by molar-refractivity contribution is 7.98. The van der Waals surface area contributed by atoms with Gasteiger partial charge in [-0.1, -0.05) is 17.7 Å². The van der Waals surface area contributed by atoms with E-state index in [9.17, 15) is 4.79 Å². The first-order valence-electron chi connectivity index (χ1n) is 10.2. The van der Waals surface area contributed by atoms with Gasteiger partial charge in [-0.15, -0.1) is 11.8 Å². The van der Waals surface area contributed by atoms with Gasteiger partial charge in [-0.3, -0.25) is 4.79 Å². The number of furan rings is 1. The molecule has 1 aliphatic heterocycles. The predicted molar refractivity (Wildman–Crippen MR) is 124 cm³/mol. The van der Waals surface area contributed by atoms with Crippen molar-refractivity contribution in [1.29, 1.82) is 0 Å². The molecule has 2 heterocycles. The van der Waals surface area contributed by atoms with E-state index in [-0.39, 0.29) is 5.91 Å². The summed E-state index contributed by atoms with van der Waals surface area (Å²) in [6.07, 6.45) is 1.58. The van der Waals surface area contributed by atoms with Crippen molar-refractivity contribution in [3.63, 3.8) is 0 Å². The first kappa shape index (κ1) is 20.6. The Morgan fingerprint density at radius 2 is 1.70 bits per heavy atom. The minimum atomic E-state index is -0.143. The van der Waals surface area contributed by atoms with E-state index in [1.807, 2.05) is 12.1 Å². The van der Waals surface area contributed by atoms with Gasteiger partial charge in [0.25, 0.3) is 5.91 Å². The average molecular weight is 422 g/mol. The van der Waals surface area contributed by atoms with Gasteiger partial charge in [0.05, 0.1) is 17.6 Å². The van der Waals surface area contributed by atoms with Crippen molar-refractivity contribution in [2.24, 2.45) is 0 Å². The van der Waals surface area contributed by atoms with Crippen molar-refractivity contribution in [2.45, 2.75) is 17.6 Å². The topological polar surface area (TPSA) is 48.7 Å². The Balaban J connectivity index is 1.36. The number of aryl methyl sites for hydroxylation is 1. The van der Waals surface area contributed by atoms with Gasteiger partial charge in [-0.25, -0.2) is 0 Å². The Labute approximate surface area is 182 Å². The van der Waals surface area contributed by atoms with Gasteiger partial charge < -0.3 is 19.5 Å². The number of anilines is 2. The molecule has 1 aromatic heterocycles. The van der Waals surface area contributed by atoms with E-state index in [1.54, 1.807) is 24.1 Å². The number of benzene rings is 2. The normalized spacial score (nSPS) is 14.7. The zero-order chi connectivity index (χ0) is 20.9.